The number of aromatic carboxylic acids is 1. The van der Waals surface area contributed by atoms with Crippen LogP contribution in [0.3, 0.4) is 0 Å². The number of hydrogen-bond acceptors (Lipinski definition) is 5. The van der Waals surface area contributed by atoms with Crippen LogP contribution in [0.4, 0.5) is 0 Å². The zero-order valence-electron chi connectivity index (χ0n) is 15.8. The minimum absolute atomic E-state index is 0.277. The maximum atomic E-state index is 12.3. The van der Waals surface area contributed by atoms with E-state index in [1.165, 1.54) is 6.26 Å². The number of aliphatic hydroxyl groups excluding tert-OH is 1. The molecule has 0 aliphatic heterocycles. The SMILES string of the molecule is CS(=O)(=O)C(NCCCc1ccccc1C(=O)O)c1ccc2c(c1)CCC2O. The van der Waals surface area contributed by atoms with Crippen LogP contribution in [0.5, 0.6) is 0 Å². The van der Waals surface area contributed by atoms with Crippen molar-refractivity contribution in [2.75, 3.05) is 12.8 Å². The van der Waals surface area contributed by atoms with Gasteiger partial charge >= 0.3 is 5.97 Å². The van der Waals surface area contributed by atoms with Gasteiger partial charge in [-0.15, -0.1) is 0 Å². The van der Waals surface area contributed by atoms with Gasteiger partial charge in [-0.1, -0.05) is 36.4 Å². The smallest absolute Gasteiger partial charge is 0.335 e. The first-order valence-corrected chi connectivity index (χ1v) is 11.3. The van der Waals surface area contributed by atoms with Crippen molar-refractivity contribution in [2.45, 2.75) is 37.2 Å². The Bertz CT molecular complexity index is 971. The van der Waals surface area contributed by atoms with E-state index < -0.39 is 27.3 Å². The fraction of sp³-hybridized carbons (Fsp3) is 0.381. The summed E-state index contributed by atoms with van der Waals surface area (Å²) < 4.78 is 24.6. The summed E-state index contributed by atoms with van der Waals surface area (Å²) in [5.74, 6) is -0.960. The van der Waals surface area contributed by atoms with Gasteiger partial charge in [-0.2, -0.15) is 0 Å². The van der Waals surface area contributed by atoms with E-state index in [4.69, 9.17) is 0 Å². The highest BCUT2D eigenvalue weighted by molar-refractivity contribution is 7.90. The van der Waals surface area contributed by atoms with Gasteiger partial charge in [-0.3, -0.25) is 5.32 Å². The van der Waals surface area contributed by atoms with Gasteiger partial charge in [0.1, 0.15) is 5.37 Å². The first-order chi connectivity index (χ1) is 13.3. The van der Waals surface area contributed by atoms with E-state index in [9.17, 15) is 23.4 Å². The van der Waals surface area contributed by atoms with Crippen LogP contribution in [0.1, 0.15) is 56.9 Å². The van der Waals surface area contributed by atoms with E-state index in [-0.39, 0.29) is 5.56 Å². The Labute approximate surface area is 165 Å². The number of carboxylic acid groups (broad SMARTS) is 1. The molecule has 150 valence electrons. The van der Waals surface area contributed by atoms with Crippen LogP contribution in [-0.2, 0) is 22.7 Å². The first-order valence-electron chi connectivity index (χ1n) is 9.31. The van der Waals surface area contributed by atoms with Crippen molar-refractivity contribution >= 4 is 15.8 Å². The van der Waals surface area contributed by atoms with Crippen molar-refractivity contribution in [3.05, 3.63) is 70.3 Å². The second kappa shape index (κ2) is 8.43. The predicted molar refractivity (Wildman–Crippen MR) is 107 cm³/mol. The lowest BCUT2D eigenvalue weighted by Gasteiger charge is -2.19. The van der Waals surface area contributed by atoms with Crippen molar-refractivity contribution in [1.29, 1.82) is 0 Å². The highest BCUT2D eigenvalue weighted by Crippen LogP contribution is 2.33. The van der Waals surface area contributed by atoms with E-state index in [1.807, 2.05) is 12.1 Å². The maximum Gasteiger partial charge on any atom is 0.335 e. The number of aryl methyl sites for hydroxylation is 2. The molecule has 0 spiro atoms. The molecule has 2 unspecified atom stereocenters. The molecule has 2 aromatic rings. The quantitative estimate of drug-likeness (QED) is 0.586. The number of hydrogen-bond donors (Lipinski definition) is 3. The zero-order valence-corrected chi connectivity index (χ0v) is 16.6. The number of carboxylic acids is 1. The number of fused-ring (bicyclic) bond motifs is 1. The fourth-order valence-corrected chi connectivity index (χ4v) is 4.82. The average Bonchev–Trinajstić information content (AvgIpc) is 3.01. The first kappa shape index (κ1) is 20.5. The summed E-state index contributed by atoms with van der Waals surface area (Å²) in [5.41, 5.74) is 3.55. The lowest BCUT2D eigenvalue weighted by molar-refractivity contribution is 0.0695. The third-order valence-corrected chi connectivity index (χ3v) is 6.44. The highest BCUT2D eigenvalue weighted by atomic mass is 32.2. The van der Waals surface area contributed by atoms with Crippen LogP contribution in [-0.4, -0.2) is 37.4 Å². The van der Waals surface area contributed by atoms with Crippen molar-refractivity contribution < 1.29 is 23.4 Å². The Balaban J connectivity index is 1.68. The van der Waals surface area contributed by atoms with Crippen LogP contribution < -0.4 is 5.32 Å². The van der Waals surface area contributed by atoms with E-state index in [1.54, 1.807) is 30.3 Å². The molecule has 0 bridgehead atoms. The molecule has 0 fully saturated rings. The van der Waals surface area contributed by atoms with Gasteiger partial charge in [-0.05, 0) is 60.5 Å². The molecule has 2 aromatic carbocycles. The van der Waals surface area contributed by atoms with Crippen molar-refractivity contribution in [1.82, 2.24) is 5.32 Å². The average molecular weight is 404 g/mol. The molecule has 3 N–H and O–H groups in total. The molecule has 0 aromatic heterocycles. The number of benzene rings is 2. The van der Waals surface area contributed by atoms with Gasteiger partial charge in [0, 0.05) is 6.26 Å². The zero-order chi connectivity index (χ0) is 20.3. The Morgan fingerprint density at radius 2 is 2.00 bits per heavy atom. The van der Waals surface area contributed by atoms with Crippen LogP contribution in [0.25, 0.3) is 0 Å². The van der Waals surface area contributed by atoms with Gasteiger partial charge in [0.15, 0.2) is 9.84 Å². The largest absolute Gasteiger partial charge is 0.478 e. The summed E-state index contributed by atoms with van der Waals surface area (Å²) in [6.07, 6.45) is 3.29. The standard InChI is InChI=1S/C21H25NO5S/c1-28(26,27)20(16-8-10-17-15(13-16)9-11-19(17)23)22-12-4-6-14-5-2-3-7-18(14)21(24)25/h2-3,5,7-8,10,13,19-20,22-23H,4,6,9,11-12H2,1H3,(H,24,25). The summed E-state index contributed by atoms with van der Waals surface area (Å²) in [4.78, 5) is 11.3. The molecule has 0 heterocycles. The summed E-state index contributed by atoms with van der Waals surface area (Å²) in [6.45, 7) is 0.436. The topological polar surface area (TPSA) is 104 Å². The number of aliphatic hydroxyl groups is 1. The monoisotopic (exact) mass is 403 g/mol. The fourth-order valence-electron chi connectivity index (χ4n) is 3.75. The molecule has 2 atom stereocenters. The molecule has 3 rings (SSSR count). The van der Waals surface area contributed by atoms with Gasteiger partial charge < -0.3 is 10.2 Å². The molecule has 7 heteroatoms. The van der Waals surface area contributed by atoms with E-state index >= 15 is 0 Å². The summed E-state index contributed by atoms with van der Waals surface area (Å²) in [6, 6.07) is 12.3. The Morgan fingerprint density at radius 3 is 2.71 bits per heavy atom. The molecule has 1 aliphatic carbocycles. The Kier molecular flexibility index (Phi) is 6.17. The number of carbonyl (C=O) groups is 1. The van der Waals surface area contributed by atoms with Crippen molar-refractivity contribution in [2.24, 2.45) is 0 Å². The van der Waals surface area contributed by atoms with Crippen LogP contribution in [0.2, 0.25) is 0 Å². The normalized spacial score (nSPS) is 17.3. The second-order valence-corrected chi connectivity index (χ2v) is 9.37. The summed E-state index contributed by atoms with van der Waals surface area (Å²) in [5, 5.41) is 21.5. The molecular weight excluding hydrogens is 378 g/mol. The molecule has 0 amide bonds. The number of nitrogens with one attached hydrogen (secondary N) is 1. The molecule has 6 nitrogen and oxygen atoms in total. The number of rotatable bonds is 8. The van der Waals surface area contributed by atoms with Gasteiger partial charge in [0.05, 0.1) is 11.7 Å². The van der Waals surface area contributed by atoms with E-state index in [0.717, 1.165) is 23.1 Å². The lowest BCUT2D eigenvalue weighted by atomic mass is 10.0. The molecule has 1 aliphatic rings. The van der Waals surface area contributed by atoms with Crippen LogP contribution in [0.15, 0.2) is 42.5 Å². The highest BCUT2D eigenvalue weighted by Gasteiger charge is 2.26. The van der Waals surface area contributed by atoms with Crippen LogP contribution >= 0.6 is 0 Å². The van der Waals surface area contributed by atoms with Gasteiger partial charge in [0.2, 0.25) is 0 Å². The van der Waals surface area contributed by atoms with Crippen molar-refractivity contribution in [3.8, 4) is 0 Å². The van der Waals surface area contributed by atoms with Crippen molar-refractivity contribution in [3.63, 3.8) is 0 Å². The summed E-state index contributed by atoms with van der Waals surface area (Å²) >= 11 is 0. The molecule has 28 heavy (non-hydrogen) atoms. The minimum atomic E-state index is -3.38. The minimum Gasteiger partial charge on any atom is -0.478 e. The predicted octanol–water partition coefficient (Wildman–Crippen LogP) is 2.63. The third kappa shape index (κ3) is 4.60. The molecule has 0 saturated carbocycles. The molecule has 0 saturated heterocycles. The molecular formula is C21H25NO5S. The maximum absolute atomic E-state index is 12.3. The lowest BCUT2D eigenvalue weighted by Crippen LogP contribution is -2.29. The van der Waals surface area contributed by atoms with Gasteiger partial charge in [-0.25, -0.2) is 13.2 Å². The van der Waals surface area contributed by atoms with E-state index in [2.05, 4.69) is 5.32 Å². The second-order valence-electron chi connectivity index (χ2n) is 7.24. The summed E-state index contributed by atoms with van der Waals surface area (Å²) in [7, 11) is -3.38. The van der Waals surface area contributed by atoms with E-state index in [0.29, 0.717) is 31.4 Å². The molecule has 0 radical (unpaired) electrons. The third-order valence-electron chi connectivity index (χ3n) is 5.14. The van der Waals surface area contributed by atoms with Crippen LogP contribution in [0, 0.1) is 0 Å². The Morgan fingerprint density at radius 1 is 1.25 bits per heavy atom. The number of sulfone groups is 1. The Hall–Kier alpha value is -2.22. The van der Waals surface area contributed by atoms with Gasteiger partial charge in [0.25, 0.3) is 0 Å².